The zero-order chi connectivity index (χ0) is 9.14. The van der Waals surface area contributed by atoms with Gasteiger partial charge in [-0.05, 0) is 31.6 Å². The van der Waals surface area contributed by atoms with Gasteiger partial charge >= 0.3 is 0 Å². The highest BCUT2D eigenvalue weighted by Crippen LogP contribution is 2.28. The first kappa shape index (κ1) is 9.56. The van der Waals surface area contributed by atoms with E-state index < -0.39 is 0 Å². The molecule has 0 heterocycles. The van der Waals surface area contributed by atoms with E-state index in [4.69, 9.17) is 0 Å². The van der Waals surface area contributed by atoms with Crippen LogP contribution in [0, 0.1) is 11.8 Å². The van der Waals surface area contributed by atoms with Crippen molar-refractivity contribution in [3.63, 3.8) is 0 Å². The Morgan fingerprint density at radius 2 is 1.67 bits per heavy atom. The molecule has 1 amide bonds. The van der Waals surface area contributed by atoms with Crippen molar-refractivity contribution in [2.45, 2.75) is 32.6 Å². The number of hydrogen-bond donors (Lipinski definition) is 0. The van der Waals surface area contributed by atoms with Crippen LogP contribution in [0.1, 0.15) is 32.6 Å². The molecular formula is C10H19NO. The Hall–Kier alpha value is -0.530. The molecule has 0 bridgehead atoms. The van der Waals surface area contributed by atoms with Gasteiger partial charge in [0.2, 0.25) is 5.91 Å². The molecular weight excluding hydrogens is 150 g/mol. The summed E-state index contributed by atoms with van der Waals surface area (Å²) in [5.41, 5.74) is 0. The summed E-state index contributed by atoms with van der Waals surface area (Å²) in [7, 11) is 3.70. The maximum Gasteiger partial charge on any atom is 0.225 e. The van der Waals surface area contributed by atoms with Crippen molar-refractivity contribution in [2.75, 3.05) is 14.1 Å². The molecule has 2 nitrogen and oxygen atoms in total. The fourth-order valence-electron chi connectivity index (χ4n) is 1.87. The molecule has 1 aliphatic rings. The molecule has 0 aliphatic heterocycles. The Balaban J connectivity index is 2.39. The van der Waals surface area contributed by atoms with Gasteiger partial charge in [0.05, 0.1) is 0 Å². The smallest absolute Gasteiger partial charge is 0.225 e. The van der Waals surface area contributed by atoms with Gasteiger partial charge in [-0.1, -0.05) is 6.92 Å². The van der Waals surface area contributed by atoms with Crippen molar-refractivity contribution in [3.05, 3.63) is 0 Å². The van der Waals surface area contributed by atoms with Gasteiger partial charge in [0.1, 0.15) is 0 Å². The minimum Gasteiger partial charge on any atom is -0.349 e. The molecule has 2 heteroatoms. The molecule has 1 aliphatic carbocycles. The van der Waals surface area contributed by atoms with Crippen molar-refractivity contribution in [3.8, 4) is 0 Å². The molecule has 0 aromatic carbocycles. The van der Waals surface area contributed by atoms with E-state index in [9.17, 15) is 4.79 Å². The van der Waals surface area contributed by atoms with Crippen molar-refractivity contribution in [2.24, 2.45) is 11.8 Å². The van der Waals surface area contributed by atoms with Crippen LogP contribution in [0.3, 0.4) is 0 Å². The lowest BCUT2D eigenvalue weighted by molar-refractivity contribution is -0.134. The van der Waals surface area contributed by atoms with Gasteiger partial charge in [-0.2, -0.15) is 0 Å². The number of carbonyl (C=O) groups is 1. The Morgan fingerprint density at radius 3 is 2.08 bits per heavy atom. The summed E-state index contributed by atoms with van der Waals surface area (Å²) in [5.74, 6) is 1.47. The van der Waals surface area contributed by atoms with Gasteiger partial charge in [0.25, 0.3) is 0 Å². The van der Waals surface area contributed by atoms with Crippen molar-refractivity contribution in [1.29, 1.82) is 0 Å². The number of hydrogen-bond acceptors (Lipinski definition) is 1. The van der Waals surface area contributed by atoms with Crippen molar-refractivity contribution < 1.29 is 4.79 Å². The first-order chi connectivity index (χ1) is 5.61. The van der Waals surface area contributed by atoms with E-state index >= 15 is 0 Å². The predicted molar refractivity (Wildman–Crippen MR) is 49.8 cm³/mol. The van der Waals surface area contributed by atoms with Crippen LogP contribution in [-0.4, -0.2) is 24.9 Å². The van der Waals surface area contributed by atoms with Crippen LogP contribution in [0.15, 0.2) is 0 Å². The Bertz CT molecular complexity index is 157. The van der Waals surface area contributed by atoms with Gasteiger partial charge in [0.15, 0.2) is 0 Å². The monoisotopic (exact) mass is 169 g/mol. The van der Waals surface area contributed by atoms with Crippen LogP contribution in [0.5, 0.6) is 0 Å². The lowest BCUT2D eigenvalue weighted by Gasteiger charge is -2.27. The molecule has 12 heavy (non-hydrogen) atoms. The first-order valence-electron chi connectivity index (χ1n) is 4.82. The van der Waals surface area contributed by atoms with Crippen molar-refractivity contribution >= 4 is 5.91 Å². The third-order valence-corrected chi connectivity index (χ3v) is 2.81. The number of carbonyl (C=O) groups excluding carboxylic acids is 1. The summed E-state index contributed by atoms with van der Waals surface area (Å²) in [5, 5.41) is 0. The molecule has 70 valence electrons. The van der Waals surface area contributed by atoms with E-state index in [0.29, 0.717) is 11.8 Å². The Labute approximate surface area is 74.9 Å². The summed E-state index contributed by atoms with van der Waals surface area (Å²) in [6.07, 6.45) is 4.64. The highest BCUT2D eigenvalue weighted by molar-refractivity contribution is 5.78. The molecule has 1 rings (SSSR count). The zero-order valence-electron chi connectivity index (χ0n) is 8.34. The molecule has 0 aromatic heterocycles. The van der Waals surface area contributed by atoms with Crippen LogP contribution in [0.25, 0.3) is 0 Å². The van der Waals surface area contributed by atoms with E-state index in [-0.39, 0.29) is 0 Å². The first-order valence-corrected chi connectivity index (χ1v) is 4.82. The summed E-state index contributed by atoms with van der Waals surface area (Å²) >= 11 is 0. The fourth-order valence-corrected chi connectivity index (χ4v) is 1.87. The maximum absolute atomic E-state index is 11.5. The van der Waals surface area contributed by atoms with E-state index in [1.807, 2.05) is 14.1 Å². The summed E-state index contributed by atoms with van der Waals surface area (Å²) in [6.45, 7) is 2.27. The van der Waals surface area contributed by atoms with Gasteiger partial charge in [-0.25, -0.2) is 0 Å². The maximum atomic E-state index is 11.5. The van der Waals surface area contributed by atoms with Crippen LogP contribution in [0.2, 0.25) is 0 Å². The van der Waals surface area contributed by atoms with E-state index in [1.165, 1.54) is 12.8 Å². The SMILES string of the molecule is CC1CCC(C(=O)N(C)C)CC1. The van der Waals surface area contributed by atoms with E-state index in [1.54, 1.807) is 4.90 Å². The number of amides is 1. The van der Waals surface area contributed by atoms with Crippen molar-refractivity contribution in [1.82, 2.24) is 4.90 Å². The van der Waals surface area contributed by atoms with Gasteiger partial charge in [-0.15, -0.1) is 0 Å². The second-order valence-corrected chi connectivity index (χ2v) is 4.19. The van der Waals surface area contributed by atoms with Crippen LogP contribution in [0.4, 0.5) is 0 Å². The second kappa shape index (κ2) is 3.92. The normalized spacial score (nSPS) is 29.9. The zero-order valence-corrected chi connectivity index (χ0v) is 8.34. The number of rotatable bonds is 1. The number of nitrogens with zero attached hydrogens (tertiary/aromatic N) is 1. The van der Waals surface area contributed by atoms with Crippen LogP contribution in [-0.2, 0) is 4.79 Å². The van der Waals surface area contributed by atoms with Crippen LogP contribution >= 0.6 is 0 Å². The second-order valence-electron chi connectivity index (χ2n) is 4.19. The van der Waals surface area contributed by atoms with Gasteiger partial charge in [0, 0.05) is 20.0 Å². The molecule has 0 N–H and O–H groups in total. The third kappa shape index (κ3) is 2.23. The molecule has 0 radical (unpaired) electrons. The minimum atomic E-state index is 0.316. The van der Waals surface area contributed by atoms with E-state index in [0.717, 1.165) is 18.8 Å². The largest absolute Gasteiger partial charge is 0.349 e. The Kier molecular flexibility index (Phi) is 3.12. The lowest BCUT2D eigenvalue weighted by atomic mass is 9.82. The Morgan fingerprint density at radius 1 is 1.17 bits per heavy atom. The topological polar surface area (TPSA) is 20.3 Å². The molecule has 0 spiro atoms. The average molecular weight is 169 g/mol. The fraction of sp³-hybridized carbons (Fsp3) is 0.900. The van der Waals surface area contributed by atoms with Crippen LogP contribution < -0.4 is 0 Å². The lowest BCUT2D eigenvalue weighted by Crippen LogP contribution is -2.31. The molecule has 0 aromatic rings. The predicted octanol–water partition coefficient (Wildman–Crippen LogP) is 1.90. The third-order valence-electron chi connectivity index (χ3n) is 2.81. The standard InChI is InChI=1S/C10H19NO/c1-8-4-6-9(7-5-8)10(12)11(2)3/h8-9H,4-7H2,1-3H3. The highest BCUT2D eigenvalue weighted by atomic mass is 16.2. The highest BCUT2D eigenvalue weighted by Gasteiger charge is 2.24. The summed E-state index contributed by atoms with van der Waals surface area (Å²) in [4.78, 5) is 13.3. The molecule has 1 saturated carbocycles. The quantitative estimate of drug-likeness (QED) is 0.587. The summed E-state index contributed by atoms with van der Waals surface area (Å²) < 4.78 is 0. The summed E-state index contributed by atoms with van der Waals surface area (Å²) in [6, 6.07) is 0. The molecule has 0 saturated heterocycles. The van der Waals surface area contributed by atoms with Gasteiger partial charge < -0.3 is 4.90 Å². The average Bonchev–Trinajstić information content (AvgIpc) is 2.04. The van der Waals surface area contributed by atoms with E-state index in [2.05, 4.69) is 6.92 Å². The molecule has 0 unspecified atom stereocenters. The minimum absolute atomic E-state index is 0.316. The molecule has 0 atom stereocenters. The molecule has 1 fully saturated rings. The van der Waals surface area contributed by atoms with Gasteiger partial charge in [-0.3, -0.25) is 4.79 Å².